The summed E-state index contributed by atoms with van der Waals surface area (Å²) < 4.78 is 5.44. The minimum absolute atomic E-state index is 0.165. The van der Waals surface area contributed by atoms with E-state index >= 15 is 0 Å². The van der Waals surface area contributed by atoms with Crippen LogP contribution in [0.3, 0.4) is 0 Å². The van der Waals surface area contributed by atoms with Crippen molar-refractivity contribution >= 4 is 27.8 Å². The van der Waals surface area contributed by atoms with Crippen LogP contribution < -0.4 is 5.32 Å². The van der Waals surface area contributed by atoms with Gasteiger partial charge in [0.15, 0.2) is 0 Å². The van der Waals surface area contributed by atoms with Crippen molar-refractivity contribution in [2.75, 3.05) is 7.11 Å². The summed E-state index contributed by atoms with van der Waals surface area (Å²) in [6, 6.07) is 6.76. The average Bonchev–Trinajstić information content (AvgIpc) is 2.29. The first kappa shape index (κ1) is 13.7. The molecule has 1 atom stereocenters. The Bertz CT molecular complexity index is 403. The monoisotopic (exact) mass is 299 g/mol. The van der Waals surface area contributed by atoms with E-state index in [4.69, 9.17) is 0 Å². The number of amides is 1. The molecule has 0 saturated heterocycles. The predicted octanol–water partition coefficient (Wildman–Crippen LogP) is 2.13. The highest BCUT2D eigenvalue weighted by molar-refractivity contribution is 9.10. The quantitative estimate of drug-likeness (QED) is 0.867. The van der Waals surface area contributed by atoms with Crippen LogP contribution in [0.25, 0.3) is 0 Å². The Morgan fingerprint density at radius 3 is 2.47 bits per heavy atom. The zero-order chi connectivity index (χ0) is 12.8. The third kappa shape index (κ3) is 4.56. The van der Waals surface area contributed by atoms with Gasteiger partial charge in [-0.2, -0.15) is 0 Å². The van der Waals surface area contributed by atoms with Crippen LogP contribution in [0.1, 0.15) is 23.7 Å². The molecule has 0 radical (unpaired) electrons. The molecule has 0 aliphatic heterocycles. The highest BCUT2D eigenvalue weighted by Crippen LogP contribution is 2.10. The number of carbonyl (C=O) groups is 2. The summed E-state index contributed by atoms with van der Waals surface area (Å²) >= 11 is 3.29. The summed E-state index contributed by atoms with van der Waals surface area (Å²) in [6.45, 7) is 1.76. The fraction of sp³-hybridized carbons (Fsp3) is 0.333. The summed E-state index contributed by atoms with van der Waals surface area (Å²) in [5.74, 6) is -0.539. The van der Waals surface area contributed by atoms with E-state index in [1.807, 2.05) is 0 Å². The molecule has 5 heteroatoms. The maximum Gasteiger partial charge on any atom is 0.307 e. The number of nitrogens with one attached hydrogen (secondary N) is 1. The maximum atomic E-state index is 11.8. The molecule has 0 heterocycles. The van der Waals surface area contributed by atoms with Crippen molar-refractivity contribution in [3.63, 3.8) is 0 Å². The lowest BCUT2D eigenvalue weighted by Gasteiger charge is -2.12. The van der Waals surface area contributed by atoms with Gasteiger partial charge in [-0.1, -0.05) is 15.9 Å². The van der Waals surface area contributed by atoms with Crippen molar-refractivity contribution in [2.45, 2.75) is 19.4 Å². The van der Waals surface area contributed by atoms with Crippen LogP contribution in [-0.2, 0) is 9.53 Å². The first-order chi connectivity index (χ1) is 8.02. The molecular formula is C12H14BrNO3. The van der Waals surface area contributed by atoms with E-state index < -0.39 is 0 Å². The molecule has 4 nitrogen and oxygen atoms in total. The number of hydrogen-bond donors (Lipinski definition) is 1. The van der Waals surface area contributed by atoms with Crippen LogP contribution in [0, 0.1) is 0 Å². The van der Waals surface area contributed by atoms with E-state index in [1.165, 1.54) is 7.11 Å². The Morgan fingerprint density at radius 1 is 1.35 bits per heavy atom. The summed E-state index contributed by atoms with van der Waals surface area (Å²) in [4.78, 5) is 22.8. The number of ether oxygens (including phenoxy) is 1. The molecule has 0 aromatic heterocycles. The Balaban J connectivity index is 2.54. The summed E-state index contributed by atoms with van der Waals surface area (Å²) in [7, 11) is 1.32. The molecule has 0 aliphatic carbocycles. The minimum Gasteiger partial charge on any atom is -0.469 e. The predicted molar refractivity (Wildman–Crippen MR) is 67.7 cm³/mol. The molecule has 17 heavy (non-hydrogen) atoms. The van der Waals surface area contributed by atoms with Crippen LogP contribution in [0.5, 0.6) is 0 Å². The molecule has 1 aromatic carbocycles. The third-order valence-electron chi connectivity index (χ3n) is 2.18. The molecule has 1 amide bonds. The van der Waals surface area contributed by atoms with E-state index in [2.05, 4.69) is 26.0 Å². The van der Waals surface area contributed by atoms with Crippen LogP contribution in [0.15, 0.2) is 28.7 Å². The summed E-state index contributed by atoms with van der Waals surface area (Å²) in [5.41, 5.74) is 0.560. The Morgan fingerprint density at radius 2 is 1.94 bits per heavy atom. The van der Waals surface area contributed by atoms with Crippen molar-refractivity contribution < 1.29 is 14.3 Å². The highest BCUT2D eigenvalue weighted by Gasteiger charge is 2.13. The molecule has 0 saturated carbocycles. The number of carbonyl (C=O) groups excluding carboxylic acids is 2. The van der Waals surface area contributed by atoms with E-state index in [1.54, 1.807) is 31.2 Å². The topological polar surface area (TPSA) is 55.4 Å². The van der Waals surface area contributed by atoms with Gasteiger partial charge in [0.25, 0.3) is 5.91 Å². The fourth-order valence-corrected chi connectivity index (χ4v) is 1.56. The number of halogens is 1. The van der Waals surface area contributed by atoms with Gasteiger partial charge in [0, 0.05) is 16.1 Å². The lowest BCUT2D eigenvalue weighted by molar-refractivity contribution is -0.141. The highest BCUT2D eigenvalue weighted by atomic mass is 79.9. The number of esters is 1. The van der Waals surface area contributed by atoms with Gasteiger partial charge in [0.1, 0.15) is 0 Å². The molecule has 0 unspecified atom stereocenters. The van der Waals surface area contributed by atoms with Crippen LogP contribution >= 0.6 is 15.9 Å². The van der Waals surface area contributed by atoms with Gasteiger partial charge >= 0.3 is 5.97 Å². The third-order valence-corrected chi connectivity index (χ3v) is 2.71. The van der Waals surface area contributed by atoms with E-state index in [9.17, 15) is 9.59 Å². The van der Waals surface area contributed by atoms with E-state index in [0.29, 0.717) is 5.56 Å². The number of hydrogen-bond acceptors (Lipinski definition) is 3. The lowest BCUT2D eigenvalue weighted by Crippen LogP contribution is -2.34. The van der Waals surface area contributed by atoms with Crippen molar-refractivity contribution in [1.82, 2.24) is 5.32 Å². The second kappa shape index (κ2) is 6.39. The van der Waals surface area contributed by atoms with Crippen LogP contribution in [0.4, 0.5) is 0 Å². The second-order valence-electron chi connectivity index (χ2n) is 3.66. The Labute approximate surface area is 108 Å². The average molecular weight is 300 g/mol. The first-order valence-electron chi connectivity index (χ1n) is 5.16. The normalized spacial score (nSPS) is 11.7. The number of benzene rings is 1. The molecule has 92 valence electrons. The van der Waals surface area contributed by atoms with Crippen molar-refractivity contribution in [1.29, 1.82) is 0 Å². The second-order valence-corrected chi connectivity index (χ2v) is 4.58. The van der Waals surface area contributed by atoms with Crippen molar-refractivity contribution in [3.05, 3.63) is 34.3 Å². The number of rotatable bonds is 4. The standard InChI is InChI=1S/C12H14BrNO3/c1-8(7-11(15)17-2)14-12(16)9-3-5-10(13)6-4-9/h3-6,8H,7H2,1-2H3,(H,14,16)/t8-/m1/s1. The molecule has 1 rings (SSSR count). The molecule has 1 aromatic rings. The Hall–Kier alpha value is -1.36. The largest absolute Gasteiger partial charge is 0.469 e. The van der Waals surface area contributed by atoms with Crippen molar-refractivity contribution in [3.8, 4) is 0 Å². The fourth-order valence-electron chi connectivity index (χ4n) is 1.29. The van der Waals surface area contributed by atoms with Gasteiger partial charge < -0.3 is 10.1 Å². The molecule has 0 bridgehead atoms. The Kier molecular flexibility index (Phi) is 5.15. The zero-order valence-corrected chi connectivity index (χ0v) is 11.3. The lowest BCUT2D eigenvalue weighted by atomic mass is 10.2. The number of methoxy groups -OCH3 is 1. The first-order valence-corrected chi connectivity index (χ1v) is 5.95. The maximum absolute atomic E-state index is 11.8. The van der Waals surface area contributed by atoms with E-state index in [-0.39, 0.29) is 24.3 Å². The summed E-state index contributed by atoms with van der Waals surface area (Å²) in [6.07, 6.45) is 0.165. The molecule has 0 fully saturated rings. The van der Waals surface area contributed by atoms with Gasteiger partial charge in [0.2, 0.25) is 0 Å². The van der Waals surface area contributed by atoms with E-state index in [0.717, 1.165) is 4.47 Å². The smallest absolute Gasteiger partial charge is 0.307 e. The van der Waals surface area contributed by atoms with Crippen molar-refractivity contribution in [2.24, 2.45) is 0 Å². The SMILES string of the molecule is COC(=O)C[C@@H](C)NC(=O)c1ccc(Br)cc1. The van der Waals surface area contributed by atoms with Gasteiger partial charge in [-0.15, -0.1) is 0 Å². The van der Waals surface area contributed by atoms with Crippen LogP contribution in [-0.4, -0.2) is 25.0 Å². The van der Waals surface area contributed by atoms with Gasteiger partial charge in [-0.3, -0.25) is 9.59 Å². The van der Waals surface area contributed by atoms with Gasteiger partial charge in [0.05, 0.1) is 13.5 Å². The van der Waals surface area contributed by atoms with Gasteiger partial charge in [-0.05, 0) is 31.2 Å². The van der Waals surface area contributed by atoms with Crippen LogP contribution in [0.2, 0.25) is 0 Å². The van der Waals surface area contributed by atoms with Gasteiger partial charge in [-0.25, -0.2) is 0 Å². The zero-order valence-electron chi connectivity index (χ0n) is 9.70. The molecule has 0 aliphatic rings. The summed E-state index contributed by atoms with van der Waals surface area (Å²) in [5, 5.41) is 2.73. The molecule has 1 N–H and O–H groups in total. The molecular weight excluding hydrogens is 286 g/mol. The molecule has 0 spiro atoms. The minimum atomic E-state index is -0.339.